The van der Waals surface area contributed by atoms with Crippen LogP contribution >= 0.6 is 0 Å². The van der Waals surface area contributed by atoms with Crippen LogP contribution in [0.4, 0.5) is 0 Å². The summed E-state index contributed by atoms with van der Waals surface area (Å²) in [5, 5.41) is 0. The van der Waals surface area contributed by atoms with Gasteiger partial charge >= 0.3 is 0 Å². The van der Waals surface area contributed by atoms with Gasteiger partial charge in [-0.15, -0.1) is 0 Å². The second kappa shape index (κ2) is 9.06. The number of ether oxygens (including phenoxy) is 1. The highest BCUT2D eigenvalue weighted by atomic mass is 16.5. The first kappa shape index (κ1) is 18.0. The number of carbonyl (C=O) groups is 1. The third kappa shape index (κ3) is 5.63. The van der Waals surface area contributed by atoms with Gasteiger partial charge in [0.05, 0.1) is 12.4 Å². The average molecular weight is 333 g/mol. The van der Waals surface area contributed by atoms with Crippen LogP contribution in [0.3, 0.4) is 0 Å². The summed E-state index contributed by atoms with van der Waals surface area (Å²) in [4.78, 5) is 11.7. The Hall–Kier alpha value is -0.790. The molecular formula is C22H36O2. The molecule has 0 heterocycles. The fourth-order valence-electron chi connectivity index (χ4n) is 4.31. The van der Waals surface area contributed by atoms with E-state index in [4.69, 9.17) is 4.74 Å². The van der Waals surface area contributed by atoms with E-state index in [-0.39, 0.29) is 0 Å². The molecule has 2 nitrogen and oxygen atoms in total. The Labute approximate surface area is 148 Å². The molecule has 0 aromatic carbocycles. The van der Waals surface area contributed by atoms with Crippen LogP contribution in [0.15, 0.2) is 11.3 Å². The first-order valence-electron chi connectivity index (χ1n) is 10.6. The molecule has 24 heavy (non-hydrogen) atoms. The van der Waals surface area contributed by atoms with Gasteiger partial charge in [0.15, 0.2) is 0 Å². The molecule has 0 aliphatic heterocycles. The molecule has 0 unspecified atom stereocenters. The Kier molecular flexibility index (Phi) is 6.80. The van der Waals surface area contributed by atoms with Crippen LogP contribution in [-0.4, -0.2) is 12.4 Å². The van der Waals surface area contributed by atoms with E-state index < -0.39 is 0 Å². The van der Waals surface area contributed by atoms with Crippen molar-refractivity contribution in [3.63, 3.8) is 0 Å². The van der Waals surface area contributed by atoms with Crippen LogP contribution in [0.2, 0.25) is 0 Å². The Balaban J connectivity index is 1.31. The summed E-state index contributed by atoms with van der Waals surface area (Å²) in [5.74, 6) is 4.03. The maximum Gasteiger partial charge on any atom is 0.135 e. The monoisotopic (exact) mass is 332 g/mol. The number of unbranched alkanes of at least 4 members (excludes halogenated alkanes) is 2. The van der Waals surface area contributed by atoms with Crippen LogP contribution in [0, 0.1) is 17.8 Å². The molecule has 3 saturated carbocycles. The minimum absolute atomic E-state index is 0.440. The molecule has 0 atom stereocenters. The van der Waals surface area contributed by atoms with Crippen LogP contribution in [0.5, 0.6) is 0 Å². The molecular weight excluding hydrogens is 296 g/mol. The topological polar surface area (TPSA) is 26.3 Å². The molecule has 0 radical (unpaired) electrons. The van der Waals surface area contributed by atoms with Gasteiger partial charge in [-0.2, -0.15) is 0 Å². The minimum atomic E-state index is 0.440. The second-order valence-corrected chi connectivity index (χ2v) is 8.37. The molecule has 136 valence electrons. The average Bonchev–Trinajstić information content (AvgIpc) is 3.48. The molecule has 3 aliphatic rings. The van der Waals surface area contributed by atoms with Crippen molar-refractivity contribution in [2.45, 2.75) is 96.8 Å². The molecule has 0 N–H and O–H groups in total. The Morgan fingerprint density at radius 1 is 0.958 bits per heavy atom. The number of rotatable bonds is 11. The molecule has 3 fully saturated rings. The summed E-state index contributed by atoms with van der Waals surface area (Å²) in [6.45, 7) is 3.18. The van der Waals surface area contributed by atoms with Gasteiger partial charge in [-0.25, -0.2) is 0 Å². The molecule has 0 aromatic rings. The van der Waals surface area contributed by atoms with E-state index >= 15 is 0 Å². The largest absolute Gasteiger partial charge is 0.498 e. The molecule has 2 heteroatoms. The van der Waals surface area contributed by atoms with Gasteiger partial charge in [-0.3, -0.25) is 4.79 Å². The van der Waals surface area contributed by atoms with E-state index in [9.17, 15) is 4.79 Å². The summed E-state index contributed by atoms with van der Waals surface area (Å²) in [6.07, 6.45) is 17.2. The van der Waals surface area contributed by atoms with E-state index in [2.05, 4.69) is 6.92 Å². The highest BCUT2D eigenvalue weighted by molar-refractivity contribution is 5.82. The molecule has 3 rings (SSSR count). The van der Waals surface area contributed by atoms with Crippen LogP contribution < -0.4 is 0 Å². The lowest BCUT2D eigenvalue weighted by Gasteiger charge is -2.30. The lowest BCUT2D eigenvalue weighted by molar-refractivity contribution is -0.120. The molecule has 0 saturated heterocycles. The van der Waals surface area contributed by atoms with E-state index in [1.165, 1.54) is 57.1 Å². The number of hydrogen-bond acceptors (Lipinski definition) is 2. The fraction of sp³-hybridized carbons (Fsp3) is 0.864. The summed E-state index contributed by atoms with van der Waals surface area (Å²) in [6, 6.07) is 0. The van der Waals surface area contributed by atoms with Gasteiger partial charge in [0.1, 0.15) is 5.78 Å². The van der Waals surface area contributed by atoms with Crippen molar-refractivity contribution >= 4 is 5.78 Å². The first-order chi connectivity index (χ1) is 11.8. The van der Waals surface area contributed by atoms with E-state index in [0.29, 0.717) is 17.6 Å². The highest BCUT2D eigenvalue weighted by Crippen LogP contribution is 2.42. The lowest BCUT2D eigenvalue weighted by Crippen LogP contribution is -2.18. The van der Waals surface area contributed by atoms with Crippen molar-refractivity contribution in [1.29, 1.82) is 0 Å². The Morgan fingerprint density at radius 2 is 1.67 bits per heavy atom. The zero-order valence-corrected chi connectivity index (χ0v) is 15.7. The van der Waals surface area contributed by atoms with Crippen LogP contribution in [-0.2, 0) is 9.53 Å². The summed E-state index contributed by atoms with van der Waals surface area (Å²) < 4.78 is 6.26. The molecule has 0 bridgehead atoms. The van der Waals surface area contributed by atoms with Crippen LogP contribution in [0.25, 0.3) is 0 Å². The first-order valence-corrected chi connectivity index (χ1v) is 10.6. The quantitative estimate of drug-likeness (QED) is 0.333. The summed E-state index contributed by atoms with van der Waals surface area (Å²) >= 11 is 0. The second-order valence-electron chi connectivity index (χ2n) is 8.37. The molecule has 0 spiro atoms. The highest BCUT2D eigenvalue weighted by Gasteiger charge is 2.30. The van der Waals surface area contributed by atoms with Crippen molar-refractivity contribution in [3.05, 3.63) is 11.3 Å². The molecule has 3 aliphatic carbocycles. The van der Waals surface area contributed by atoms with Gasteiger partial charge in [-0.05, 0) is 82.1 Å². The Morgan fingerprint density at radius 3 is 2.29 bits per heavy atom. The zero-order chi connectivity index (χ0) is 16.8. The number of Topliss-reactive ketones (excluding diaryl/α,β-unsaturated/α-hetero) is 1. The third-order valence-electron chi connectivity index (χ3n) is 6.12. The van der Waals surface area contributed by atoms with Crippen molar-refractivity contribution < 1.29 is 9.53 Å². The van der Waals surface area contributed by atoms with Crippen molar-refractivity contribution in [2.75, 3.05) is 6.61 Å². The molecule has 0 amide bonds. The Bertz CT molecular complexity index is 433. The van der Waals surface area contributed by atoms with Crippen molar-refractivity contribution in [1.82, 2.24) is 0 Å². The van der Waals surface area contributed by atoms with Gasteiger partial charge in [0.25, 0.3) is 0 Å². The van der Waals surface area contributed by atoms with Gasteiger partial charge in [0.2, 0.25) is 0 Å². The third-order valence-corrected chi connectivity index (χ3v) is 6.12. The smallest absolute Gasteiger partial charge is 0.135 e. The molecule has 0 aromatic heterocycles. The van der Waals surface area contributed by atoms with Gasteiger partial charge in [-0.1, -0.05) is 19.8 Å². The number of ketones is 1. The standard InChI is InChI=1S/C22H36O2/c1-2-6-17-8-10-19(11-9-17)22(20-14-15-20)24-16-5-3-4-7-21(23)18-12-13-18/h17-19H,2-16H2,1H3. The lowest BCUT2D eigenvalue weighted by atomic mass is 9.79. The van der Waals surface area contributed by atoms with Gasteiger partial charge in [0, 0.05) is 18.3 Å². The van der Waals surface area contributed by atoms with E-state index in [1.807, 2.05) is 0 Å². The SMILES string of the molecule is CCCC1CCC(C(OCCCCCC(=O)C2CC2)=C2CC2)CC1. The predicted octanol–water partition coefficient (Wildman–Crippen LogP) is 6.20. The minimum Gasteiger partial charge on any atom is -0.498 e. The van der Waals surface area contributed by atoms with E-state index in [1.54, 1.807) is 5.57 Å². The predicted molar refractivity (Wildman–Crippen MR) is 98.8 cm³/mol. The number of allylic oxidation sites excluding steroid dienone is 2. The normalized spacial score (nSPS) is 26.3. The maximum absolute atomic E-state index is 11.7. The zero-order valence-electron chi connectivity index (χ0n) is 15.7. The van der Waals surface area contributed by atoms with E-state index in [0.717, 1.165) is 51.0 Å². The number of hydrogen-bond donors (Lipinski definition) is 0. The van der Waals surface area contributed by atoms with Gasteiger partial charge < -0.3 is 4.74 Å². The fourth-order valence-corrected chi connectivity index (χ4v) is 4.31. The van der Waals surface area contributed by atoms with Crippen molar-refractivity contribution in [3.8, 4) is 0 Å². The summed E-state index contributed by atoms with van der Waals surface area (Å²) in [7, 11) is 0. The maximum atomic E-state index is 11.7. The van der Waals surface area contributed by atoms with Crippen molar-refractivity contribution in [2.24, 2.45) is 17.8 Å². The number of carbonyl (C=O) groups excluding carboxylic acids is 1. The van der Waals surface area contributed by atoms with Crippen LogP contribution in [0.1, 0.15) is 96.8 Å². The summed E-state index contributed by atoms with van der Waals surface area (Å²) in [5.41, 5.74) is 1.61.